The van der Waals surface area contributed by atoms with E-state index in [1.165, 1.54) is 10.8 Å². The van der Waals surface area contributed by atoms with E-state index in [1.807, 2.05) is 30.3 Å². The van der Waals surface area contributed by atoms with Gasteiger partial charge in [-0.15, -0.1) is 0 Å². The summed E-state index contributed by atoms with van der Waals surface area (Å²) in [7, 11) is 0. The normalized spacial score (nSPS) is 16.8. The molecular weight excluding hydrogens is 332 g/mol. The molecule has 1 amide bonds. The highest BCUT2D eigenvalue weighted by Gasteiger charge is 2.28. The van der Waals surface area contributed by atoms with Crippen LogP contribution >= 0.6 is 0 Å². The Balaban J connectivity index is 1.46. The van der Waals surface area contributed by atoms with Crippen molar-refractivity contribution in [2.75, 3.05) is 13.1 Å². The van der Waals surface area contributed by atoms with Crippen molar-refractivity contribution in [3.8, 4) is 5.75 Å². The monoisotopic (exact) mass is 350 g/mol. The SMILES string of the molecule is O=C(Cn1c(=O)cnc2ccccc21)N1CCC(Oc2cccnc2)C1. The Morgan fingerprint density at radius 1 is 1.19 bits per heavy atom. The minimum Gasteiger partial charge on any atom is -0.487 e. The van der Waals surface area contributed by atoms with Gasteiger partial charge in [-0.3, -0.25) is 19.1 Å². The zero-order valence-electron chi connectivity index (χ0n) is 14.1. The number of pyridine rings is 1. The summed E-state index contributed by atoms with van der Waals surface area (Å²) in [6, 6.07) is 11.0. The van der Waals surface area contributed by atoms with Gasteiger partial charge in [0.15, 0.2) is 0 Å². The number of ether oxygens (including phenoxy) is 1. The zero-order chi connectivity index (χ0) is 17.9. The Morgan fingerprint density at radius 2 is 2.08 bits per heavy atom. The molecule has 7 nitrogen and oxygen atoms in total. The van der Waals surface area contributed by atoms with Gasteiger partial charge in [0, 0.05) is 19.2 Å². The minimum absolute atomic E-state index is 0.00147. The van der Waals surface area contributed by atoms with Gasteiger partial charge < -0.3 is 9.64 Å². The second-order valence-electron chi connectivity index (χ2n) is 6.23. The molecule has 7 heteroatoms. The van der Waals surface area contributed by atoms with Crippen LogP contribution in [0.5, 0.6) is 5.75 Å². The van der Waals surface area contributed by atoms with Gasteiger partial charge >= 0.3 is 0 Å². The van der Waals surface area contributed by atoms with Gasteiger partial charge in [0.25, 0.3) is 5.56 Å². The molecule has 3 aromatic rings. The number of nitrogens with zero attached hydrogens (tertiary/aromatic N) is 4. The van der Waals surface area contributed by atoms with Crippen molar-refractivity contribution in [3.63, 3.8) is 0 Å². The number of likely N-dealkylation sites (tertiary alicyclic amines) is 1. The van der Waals surface area contributed by atoms with E-state index in [1.54, 1.807) is 23.4 Å². The van der Waals surface area contributed by atoms with Crippen molar-refractivity contribution in [2.45, 2.75) is 19.1 Å². The molecule has 1 saturated heterocycles. The van der Waals surface area contributed by atoms with E-state index < -0.39 is 0 Å². The first-order valence-corrected chi connectivity index (χ1v) is 8.50. The summed E-state index contributed by atoms with van der Waals surface area (Å²) in [5.74, 6) is 0.601. The summed E-state index contributed by atoms with van der Waals surface area (Å²) in [4.78, 5) is 34.8. The molecule has 0 spiro atoms. The van der Waals surface area contributed by atoms with Crippen LogP contribution in [0.1, 0.15) is 6.42 Å². The van der Waals surface area contributed by atoms with Crippen molar-refractivity contribution < 1.29 is 9.53 Å². The van der Waals surface area contributed by atoms with Crippen molar-refractivity contribution in [1.29, 1.82) is 0 Å². The third-order valence-corrected chi connectivity index (χ3v) is 4.48. The third kappa shape index (κ3) is 3.28. The average Bonchev–Trinajstić information content (AvgIpc) is 3.13. The van der Waals surface area contributed by atoms with E-state index in [4.69, 9.17) is 4.74 Å². The summed E-state index contributed by atoms with van der Waals surface area (Å²) >= 11 is 0. The fraction of sp³-hybridized carbons (Fsp3) is 0.263. The third-order valence-electron chi connectivity index (χ3n) is 4.48. The van der Waals surface area contributed by atoms with E-state index in [9.17, 15) is 9.59 Å². The molecule has 0 radical (unpaired) electrons. The lowest BCUT2D eigenvalue weighted by molar-refractivity contribution is -0.131. The number of hydrogen-bond donors (Lipinski definition) is 0. The predicted molar refractivity (Wildman–Crippen MR) is 95.9 cm³/mol. The van der Waals surface area contributed by atoms with Crippen LogP contribution in [0.15, 0.2) is 59.8 Å². The van der Waals surface area contributed by atoms with E-state index in [2.05, 4.69) is 9.97 Å². The molecule has 1 aromatic carbocycles. The highest BCUT2D eigenvalue weighted by molar-refractivity contribution is 5.80. The number of amides is 1. The van der Waals surface area contributed by atoms with Gasteiger partial charge in [-0.1, -0.05) is 12.1 Å². The zero-order valence-corrected chi connectivity index (χ0v) is 14.1. The fourth-order valence-electron chi connectivity index (χ4n) is 3.17. The van der Waals surface area contributed by atoms with E-state index >= 15 is 0 Å². The summed E-state index contributed by atoms with van der Waals surface area (Å²) in [6.45, 7) is 1.12. The van der Waals surface area contributed by atoms with Gasteiger partial charge in [-0.25, -0.2) is 4.98 Å². The number of carbonyl (C=O) groups excluding carboxylic acids is 1. The van der Waals surface area contributed by atoms with Crippen LogP contribution in [0.4, 0.5) is 0 Å². The second-order valence-corrected chi connectivity index (χ2v) is 6.23. The quantitative estimate of drug-likeness (QED) is 0.712. The number of carbonyl (C=O) groups is 1. The minimum atomic E-state index is -0.278. The molecule has 0 N–H and O–H groups in total. The predicted octanol–water partition coefficient (Wildman–Crippen LogP) is 1.47. The Kier molecular flexibility index (Phi) is 4.35. The lowest BCUT2D eigenvalue weighted by Crippen LogP contribution is -2.36. The van der Waals surface area contributed by atoms with Gasteiger partial charge in [0.2, 0.25) is 5.91 Å². The van der Waals surface area contributed by atoms with Crippen LogP contribution in [0, 0.1) is 0 Å². The first kappa shape index (κ1) is 16.3. The van der Waals surface area contributed by atoms with Crippen LogP contribution in [-0.2, 0) is 11.3 Å². The Bertz CT molecular complexity index is 987. The summed E-state index contributed by atoms with van der Waals surface area (Å²) in [5.41, 5.74) is 1.08. The van der Waals surface area contributed by atoms with Crippen LogP contribution in [-0.4, -0.2) is 44.5 Å². The van der Waals surface area contributed by atoms with Crippen LogP contribution in [0.3, 0.4) is 0 Å². The highest BCUT2D eigenvalue weighted by atomic mass is 16.5. The van der Waals surface area contributed by atoms with E-state index in [0.717, 1.165) is 6.42 Å². The Hall–Kier alpha value is -3.22. The molecule has 1 unspecified atom stereocenters. The van der Waals surface area contributed by atoms with E-state index in [0.29, 0.717) is 29.9 Å². The Labute approximate surface area is 149 Å². The van der Waals surface area contributed by atoms with Crippen LogP contribution < -0.4 is 10.3 Å². The maximum atomic E-state index is 12.7. The molecule has 0 bridgehead atoms. The highest BCUT2D eigenvalue weighted by Crippen LogP contribution is 2.18. The van der Waals surface area contributed by atoms with Crippen molar-refractivity contribution in [2.24, 2.45) is 0 Å². The van der Waals surface area contributed by atoms with Crippen LogP contribution in [0.2, 0.25) is 0 Å². The molecular formula is C19H18N4O3. The van der Waals surface area contributed by atoms with Gasteiger partial charge in [0.05, 0.1) is 30.0 Å². The molecule has 0 aliphatic carbocycles. The molecule has 1 fully saturated rings. The van der Waals surface area contributed by atoms with Crippen molar-refractivity contribution >= 4 is 16.9 Å². The largest absolute Gasteiger partial charge is 0.487 e. The molecule has 1 aliphatic heterocycles. The lowest BCUT2D eigenvalue weighted by Gasteiger charge is -2.18. The topological polar surface area (TPSA) is 77.3 Å². The molecule has 1 aliphatic rings. The van der Waals surface area contributed by atoms with Gasteiger partial charge in [-0.05, 0) is 24.3 Å². The number of fused-ring (bicyclic) bond motifs is 1. The summed E-state index contributed by atoms with van der Waals surface area (Å²) in [6.07, 6.45) is 5.30. The summed E-state index contributed by atoms with van der Waals surface area (Å²) in [5, 5.41) is 0. The average molecular weight is 350 g/mol. The first-order valence-electron chi connectivity index (χ1n) is 8.50. The smallest absolute Gasteiger partial charge is 0.269 e. The van der Waals surface area contributed by atoms with E-state index in [-0.39, 0.29) is 24.1 Å². The molecule has 3 heterocycles. The molecule has 0 saturated carbocycles. The molecule has 26 heavy (non-hydrogen) atoms. The first-order chi connectivity index (χ1) is 12.7. The van der Waals surface area contributed by atoms with Crippen molar-refractivity contribution in [1.82, 2.24) is 19.4 Å². The molecule has 2 aromatic heterocycles. The summed E-state index contributed by atoms with van der Waals surface area (Å²) < 4.78 is 7.34. The van der Waals surface area contributed by atoms with Crippen molar-refractivity contribution in [3.05, 3.63) is 65.3 Å². The van der Waals surface area contributed by atoms with Gasteiger partial charge in [0.1, 0.15) is 18.4 Å². The standard InChI is InChI=1S/C19H18N4O3/c24-18-11-21-16-5-1-2-6-17(16)23(18)13-19(25)22-9-7-15(12-22)26-14-4-3-8-20-10-14/h1-6,8,10-11,15H,7,9,12-13H2. The molecule has 132 valence electrons. The Morgan fingerprint density at radius 3 is 2.92 bits per heavy atom. The number of rotatable bonds is 4. The molecule has 4 rings (SSSR count). The van der Waals surface area contributed by atoms with Gasteiger partial charge in [-0.2, -0.15) is 0 Å². The number of hydrogen-bond acceptors (Lipinski definition) is 5. The second kappa shape index (κ2) is 6.95. The lowest BCUT2D eigenvalue weighted by atomic mass is 10.3. The molecule has 1 atom stereocenters. The van der Waals surface area contributed by atoms with Crippen LogP contribution in [0.25, 0.3) is 11.0 Å². The number of aromatic nitrogens is 3. The number of para-hydroxylation sites is 2. The maximum absolute atomic E-state index is 12.7. The number of benzene rings is 1. The fourth-order valence-corrected chi connectivity index (χ4v) is 3.17. The maximum Gasteiger partial charge on any atom is 0.269 e.